The molecule has 0 unspecified atom stereocenters. The number of anilines is 1. The van der Waals surface area contributed by atoms with Crippen molar-refractivity contribution < 1.29 is 30.5 Å². The van der Waals surface area contributed by atoms with Gasteiger partial charge in [-0.2, -0.15) is 21.4 Å². The van der Waals surface area contributed by atoms with E-state index in [-0.39, 0.29) is 24.3 Å². The summed E-state index contributed by atoms with van der Waals surface area (Å²) in [6.45, 7) is 2.89. The molecule has 0 atom stereocenters. The van der Waals surface area contributed by atoms with Crippen molar-refractivity contribution in [1.29, 1.82) is 0 Å². The van der Waals surface area contributed by atoms with Gasteiger partial charge in [-0.3, -0.25) is 9.11 Å². The Kier molecular flexibility index (Phi) is 10.7. The number of allylic oxidation sites excluding steroid dienone is 2. The minimum absolute atomic E-state index is 0.255. The largest absolute Gasteiger partial charge is 0.335 e. The quantitative estimate of drug-likeness (QED) is 0.0917. The van der Waals surface area contributed by atoms with Crippen molar-refractivity contribution in [3.63, 3.8) is 0 Å². The van der Waals surface area contributed by atoms with Crippen molar-refractivity contribution in [2.24, 2.45) is 0 Å². The third kappa shape index (κ3) is 8.88. The molecule has 5 aromatic rings. The van der Waals surface area contributed by atoms with Crippen LogP contribution in [0.15, 0.2) is 119 Å². The van der Waals surface area contributed by atoms with Gasteiger partial charge in [-0.15, -0.1) is 0 Å². The van der Waals surface area contributed by atoms with Crippen molar-refractivity contribution in [3.8, 4) is 22.3 Å². The predicted molar refractivity (Wildman–Crippen MR) is 201 cm³/mol. The highest BCUT2D eigenvalue weighted by atomic mass is 32.2. The average molecular weight is 734 g/mol. The zero-order chi connectivity index (χ0) is 34.6. The van der Waals surface area contributed by atoms with Crippen LogP contribution in [-0.4, -0.2) is 44.0 Å². The summed E-state index contributed by atoms with van der Waals surface area (Å²) < 4.78 is 68.5. The Labute approximate surface area is 295 Å². The second-order valence-electron chi connectivity index (χ2n) is 11.8. The number of nitrogens with zero attached hydrogens (tertiary/aromatic N) is 2. The maximum Gasteiger partial charge on any atom is 0.265 e. The molecule has 4 aromatic carbocycles. The summed E-state index contributed by atoms with van der Waals surface area (Å²) in [4.78, 5) is 3.18. The fourth-order valence-corrected chi connectivity index (χ4v) is 9.15. The number of rotatable bonds is 13. The first-order chi connectivity index (χ1) is 23.5. The van der Waals surface area contributed by atoms with Gasteiger partial charge in [0, 0.05) is 30.0 Å². The van der Waals surface area contributed by atoms with Crippen LogP contribution >= 0.6 is 23.1 Å². The molecule has 0 saturated carbocycles. The van der Waals surface area contributed by atoms with Crippen LogP contribution in [0.2, 0.25) is 0 Å². The maximum atomic E-state index is 11.6. The Morgan fingerprint density at radius 3 is 2.02 bits per heavy atom. The molecule has 8 nitrogen and oxygen atoms in total. The second kappa shape index (κ2) is 15.0. The molecular formula is C37H37N2O6S4+. The first-order valence-electron chi connectivity index (χ1n) is 16.0. The van der Waals surface area contributed by atoms with E-state index in [4.69, 9.17) is 0 Å². The van der Waals surface area contributed by atoms with E-state index >= 15 is 0 Å². The van der Waals surface area contributed by atoms with Gasteiger partial charge in [0.25, 0.3) is 25.2 Å². The molecule has 1 aromatic heterocycles. The molecule has 12 heteroatoms. The fraction of sp³-hybridized carbons (Fsp3) is 0.216. The molecule has 6 rings (SSSR count). The number of fused-ring (bicyclic) bond motifs is 2. The van der Waals surface area contributed by atoms with E-state index in [2.05, 4.69) is 89.2 Å². The number of thioether (sulfide) groups is 1. The maximum absolute atomic E-state index is 11.6. The van der Waals surface area contributed by atoms with Crippen LogP contribution in [0.4, 0.5) is 5.69 Å². The Morgan fingerprint density at radius 1 is 0.776 bits per heavy atom. The summed E-state index contributed by atoms with van der Waals surface area (Å²) in [5.74, 6) is -0.663. The summed E-state index contributed by atoms with van der Waals surface area (Å²) in [7, 11) is -8.21. The van der Waals surface area contributed by atoms with Gasteiger partial charge in [0.15, 0.2) is 6.54 Å². The molecule has 49 heavy (non-hydrogen) atoms. The van der Waals surface area contributed by atoms with Crippen LogP contribution in [0.1, 0.15) is 31.2 Å². The van der Waals surface area contributed by atoms with Crippen LogP contribution in [0.3, 0.4) is 0 Å². The smallest absolute Gasteiger partial charge is 0.265 e. The lowest BCUT2D eigenvalue weighted by atomic mass is 10.0. The van der Waals surface area contributed by atoms with Crippen molar-refractivity contribution in [1.82, 2.24) is 0 Å². The van der Waals surface area contributed by atoms with E-state index in [0.717, 1.165) is 58.7 Å². The summed E-state index contributed by atoms with van der Waals surface area (Å²) in [6.07, 6.45) is 5.48. The lowest BCUT2D eigenvalue weighted by Gasteiger charge is -2.21. The third-order valence-electron chi connectivity index (χ3n) is 8.27. The fourth-order valence-electron chi connectivity index (χ4n) is 5.87. The van der Waals surface area contributed by atoms with Gasteiger partial charge >= 0.3 is 0 Å². The van der Waals surface area contributed by atoms with Crippen molar-refractivity contribution in [2.45, 2.75) is 37.6 Å². The number of aromatic nitrogens is 1. The summed E-state index contributed by atoms with van der Waals surface area (Å²) in [6, 6.07) is 32.8. The highest BCUT2D eigenvalue weighted by Gasteiger charge is 2.27. The Morgan fingerprint density at radius 2 is 1.39 bits per heavy atom. The highest BCUT2D eigenvalue weighted by molar-refractivity contribution is 8.03. The van der Waals surface area contributed by atoms with Gasteiger partial charge in [-0.05, 0) is 64.9 Å². The minimum atomic E-state index is -4.10. The van der Waals surface area contributed by atoms with Crippen LogP contribution in [0, 0.1) is 0 Å². The molecular weight excluding hydrogens is 697 g/mol. The Balaban J connectivity index is 1.39. The first kappa shape index (κ1) is 35.1. The van der Waals surface area contributed by atoms with Gasteiger partial charge in [0.2, 0.25) is 5.52 Å². The second-order valence-corrected chi connectivity index (χ2v) is 17.0. The summed E-state index contributed by atoms with van der Waals surface area (Å²) >= 11 is 3.24. The molecule has 2 heterocycles. The summed E-state index contributed by atoms with van der Waals surface area (Å²) in [5, 5.41) is 1.91. The first-order valence-corrected chi connectivity index (χ1v) is 20.8. The van der Waals surface area contributed by atoms with Gasteiger partial charge in [-0.1, -0.05) is 103 Å². The van der Waals surface area contributed by atoms with E-state index < -0.39 is 20.2 Å². The molecule has 0 spiro atoms. The zero-order valence-electron chi connectivity index (χ0n) is 26.9. The number of hydrogen-bond donors (Lipinski definition) is 2. The Hall–Kier alpha value is -3.78. The lowest BCUT2D eigenvalue weighted by Crippen LogP contribution is -2.36. The third-order valence-corrected chi connectivity index (χ3v) is 12.1. The van der Waals surface area contributed by atoms with E-state index in [9.17, 15) is 25.9 Å². The van der Waals surface area contributed by atoms with Crippen molar-refractivity contribution >= 4 is 65.3 Å². The molecule has 0 saturated heterocycles. The van der Waals surface area contributed by atoms with Gasteiger partial charge in [-0.25, -0.2) is 0 Å². The zero-order valence-corrected chi connectivity index (χ0v) is 30.2. The van der Waals surface area contributed by atoms with Gasteiger partial charge < -0.3 is 4.90 Å². The number of hydrogen-bond acceptors (Lipinski definition) is 7. The van der Waals surface area contributed by atoms with Crippen molar-refractivity contribution in [3.05, 3.63) is 119 Å². The Bertz CT molecular complexity index is 2250. The number of thiazole rings is 1. The molecule has 0 amide bonds. The normalized spacial score (nSPS) is 14.6. The molecule has 254 valence electrons. The van der Waals surface area contributed by atoms with Crippen LogP contribution in [0.5, 0.6) is 0 Å². The van der Waals surface area contributed by atoms with E-state index in [1.54, 1.807) is 23.1 Å². The standard InChI is InChI=1S/C37H36N2O6S4/c1-2-27(23-36-38(19-9-21-48(40,41)42)32-25-30(15-17-34(32)46-36)28-11-5-3-6-12-28)24-37-39(20-10-22-49(43,44)45)33-26-31(16-18-35(33)47-37)29-13-7-4-8-14-29/h3-8,11-18,23-26H,2,9-10,19-22H2,1H3,(H-,40,41,42,43,44,45)/p+1. The predicted octanol–water partition coefficient (Wildman–Crippen LogP) is 8.33. The SMILES string of the molecule is CCC(/C=C1\Sc2ccc(-c3ccccc3)cc2N1CCCS(=O)(=O)O)=C\c1sc2ccc(-c3ccccc3)cc2[n+]1CCCS(=O)(=O)O. The molecule has 0 radical (unpaired) electrons. The monoisotopic (exact) mass is 733 g/mol. The molecule has 0 fully saturated rings. The van der Waals surface area contributed by atoms with E-state index in [1.165, 1.54) is 0 Å². The topological polar surface area (TPSA) is 116 Å². The van der Waals surface area contributed by atoms with E-state index in [0.29, 0.717) is 19.5 Å². The van der Waals surface area contributed by atoms with Crippen molar-refractivity contribution in [2.75, 3.05) is 23.0 Å². The number of aryl methyl sites for hydroxylation is 1. The molecule has 0 aliphatic carbocycles. The van der Waals surface area contributed by atoms with Crippen LogP contribution < -0.4 is 9.47 Å². The van der Waals surface area contributed by atoms with Gasteiger partial charge in [0.05, 0.1) is 22.2 Å². The number of benzene rings is 4. The summed E-state index contributed by atoms with van der Waals surface area (Å²) in [5.41, 5.74) is 7.28. The van der Waals surface area contributed by atoms with Crippen LogP contribution in [0.25, 0.3) is 38.5 Å². The molecule has 1 aliphatic rings. The molecule has 1 aliphatic heterocycles. The average Bonchev–Trinajstić information content (AvgIpc) is 3.60. The molecule has 0 bridgehead atoms. The van der Waals surface area contributed by atoms with Crippen LogP contribution in [-0.2, 0) is 26.8 Å². The lowest BCUT2D eigenvalue weighted by molar-refractivity contribution is -0.668. The highest BCUT2D eigenvalue weighted by Crippen LogP contribution is 2.48. The van der Waals surface area contributed by atoms with E-state index in [1.807, 2.05) is 36.4 Å². The molecule has 2 N–H and O–H groups in total. The minimum Gasteiger partial charge on any atom is -0.335 e. The van der Waals surface area contributed by atoms with Gasteiger partial charge in [0.1, 0.15) is 4.70 Å².